The molecule has 0 fully saturated rings. The van der Waals surface area contributed by atoms with E-state index in [0.717, 1.165) is 0 Å². The van der Waals surface area contributed by atoms with Crippen molar-refractivity contribution in [2.45, 2.75) is 0 Å². The van der Waals surface area contributed by atoms with E-state index < -0.39 is 11.9 Å². The summed E-state index contributed by atoms with van der Waals surface area (Å²) in [5.41, 5.74) is 2.19. The first kappa shape index (κ1) is 12.7. The number of carbonyl (C=O) groups is 2. The van der Waals surface area contributed by atoms with Crippen LogP contribution < -0.4 is 0 Å². The molecule has 0 amide bonds. The van der Waals surface area contributed by atoms with Gasteiger partial charge in [-0.2, -0.15) is 0 Å². The van der Waals surface area contributed by atoms with Crippen LogP contribution in [0.1, 0.15) is 20.8 Å². The first-order valence-electron chi connectivity index (χ1n) is 4.87. The number of nitrogens with zero attached hydrogens (tertiary/aromatic N) is 1. The summed E-state index contributed by atoms with van der Waals surface area (Å²) < 4.78 is 9.35. The van der Waals surface area contributed by atoms with E-state index >= 15 is 0 Å². The second kappa shape index (κ2) is 5.28. The molecule has 0 radical (unpaired) electrons. The van der Waals surface area contributed by atoms with Crippen LogP contribution in [-0.2, 0) is 9.47 Å². The summed E-state index contributed by atoms with van der Waals surface area (Å²) in [4.78, 5) is 28.4. The Labute approximate surface area is 111 Å². The molecule has 2 aromatic heterocycles. The van der Waals surface area contributed by atoms with Gasteiger partial charge in [0.15, 0.2) is 5.69 Å². The number of ether oxygens (including phenoxy) is 2. The van der Waals surface area contributed by atoms with Gasteiger partial charge in [0.05, 0.1) is 35.0 Å². The number of hydrogen-bond acceptors (Lipinski definition) is 7. The Morgan fingerprint density at radius 3 is 2.50 bits per heavy atom. The molecule has 0 atom stereocenters. The van der Waals surface area contributed by atoms with Crippen LogP contribution in [0, 0.1) is 0 Å². The van der Waals surface area contributed by atoms with Crippen LogP contribution in [-0.4, -0.2) is 31.1 Å². The van der Waals surface area contributed by atoms with Gasteiger partial charge in [-0.25, -0.2) is 14.6 Å². The zero-order chi connectivity index (χ0) is 13.1. The summed E-state index contributed by atoms with van der Waals surface area (Å²) in [6.45, 7) is 0. The minimum absolute atomic E-state index is 0.218. The van der Waals surface area contributed by atoms with Crippen molar-refractivity contribution in [2.24, 2.45) is 0 Å². The van der Waals surface area contributed by atoms with Crippen molar-refractivity contribution < 1.29 is 19.1 Å². The van der Waals surface area contributed by atoms with Crippen molar-refractivity contribution in [2.75, 3.05) is 14.2 Å². The summed E-state index contributed by atoms with van der Waals surface area (Å²) in [5.74, 6) is -0.953. The molecule has 5 nitrogen and oxygen atoms in total. The van der Waals surface area contributed by atoms with Gasteiger partial charge in [0.2, 0.25) is 0 Å². The summed E-state index contributed by atoms with van der Waals surface area (Å²) in [7, 11) is 2.61. The Hall–Kier alpha value is -1.73. The maximum Gasteiger partial charge on any atom is 0.358 e. The largest absolute Gasteiger partial charge is 0.465 e. The molecule has 0 aromatic carbocycles. The number of thiophene rings is 1. The van der Waals surface area contributed by atoms with Crippen molar-refractivity contribution in [3.8, 4) is 9.75 Å². The van der Waals surface area contributed by atoms with E-state index in [9.17, 15) is 9.59 Å². The number of methoxy groups -OCH3 is 2. The average Bonchev–Trinajstić information content (AvgIpc) is 3.04. The van der Waals surface area contributed by atoms with Gasteiger partial charge in [0, 0.05) is 0 Å². The van der Waals surface area contributed by atoms with Crippen molar-refractivity contribution >= 4 is 34.6 Å². The van der Waals surface area contributed by atoms with Crippen molar-refractivity contribution in [1.82, 2.24) is 4.98 Å². The zero-order valence-electron chi connectivity index (χ0n) is 9.63. The van der Waals surface area contributed by atoms with Crippen LogP contribution in [0.3, 0.4) is 0 Å². The van der Waals surface area contributed by atoms with E-state index in [1.807, 2.05) is 0 Å². The third-order valence-electron chi connectivity index (χ3n) is 2.22. The normalized spacial score (nSPS) is 10.1. The molecule has 2 heterocycles. The number of rotatable bonds is 3. The van der Waals surface area contributed by atoms with Gasteiger partial charge in [-0.1, -0.05) is 0 Å². The first-order valence-corrected chi connectivity index (χ1v) is 6.63. The lowest BCUT2D eigenvalue weighted by Crippen LogP contribution is -2.05. The second-order valence-electron chi connectivity index (χ2n) is 3.18. The van der Waals surface area contributed by atoms with E-state index in [1.165, 1.54) is 36.9 Å². The molecule has 0 saturated carbocycles. The van der Waals surface area contributed by atoms with E-state index in [0.29, 0.717) is 15.3 Å². The fourth-order valence-electron chi connectivity index (χ4n) is 1.41. The Balaban J connectivity index is 2.50. The standard InChI is InChI=1S/C11H9NO4S2/c1-15-10(13)6-3-4-17-8(6)9-7(11(14)16-2)12-5-18-9/h3-5H,1-2H3. The van der Waals surface area contributed by atoms with E-state index in [-0.39, 0.29) is 5.69 Å². The highest BCUT2D eigenvalue weighted by Gasteiger charge is 2.22. The van der Waals surface area contributed by atoms with E-state index in [1.54, 1.807) is 17.0 Å². The maximum absolute atomic E-state index is 11.6. The SMILES string of the molecule is COC(=O)c1ccsc1-c1scnc1C(=O)OC. The smallest absolute Gasteiger partial charge is 0.358 e. The van der Waals surface area contributed by atoms with Gasteiger partial charge in [-0.15, -0.1) is 22.7 Å². The fourth-order valence-corrected chi connectivity index (χ4v) is 3.24. The molecule has 7 heteroatoms. The van der Waals surface area contributed by atoms with Crippen LogP contribution in [0.5, 0.6) is 0 Å². The molecule has 0 aliphatic heterocycles. The molecule has 0 aliphatic rings. The van der Waals surface area contributed by atoms with Crippen LogP contribution in [0.25, 0.3) is 9.75 Å². The molecule has 2 rings (SSSR count). The van der Waals surface area contributed by atoms with Crippen LogP contribution >= 0.6 is 22.7 Å². The van der Waals surface area contributed by atoms with E-state index in [2.05, 4.69) is 9.72 Å². The van der Waals surface area contributed by atoms with Gasteiger partial charge in [-0.05, 0) is 11.4 Å². The number of aromatic nitrogens is 1. The highest BCUT2D eigenvalue weighted by Crippen LogP contribution is 2.35. The quantitative estimate of drug-likeness (QED) is 0.809. The molecule has 2 aromatic rings. The highest BCUT2D eigenvalue weighted by atomic mass is 32.1. The van der Waals surface area contributed by atoms with Gasteiger partial charge >= 0.3 is 11.9 Å². The summed E-state index contributed by atoms with van der Waals surface area (Å²) in [5, 5.41) is 1.77. The monoisotopic (exact) mass is 283 g/mol. The highest BCUT2D eigenvalue weighted by molar-refractivity contribution is 7.20. The minimum atomic E-state index is -0.518. The number of thiazole rings is 1. The van der Waals surface area contributed by atoms with Crippen LogP contribution in [0.4, 0.5) is 0 Å². The number of hydrogen-bond donors (Lipinski definition) is 0. The lowest BCUT2D eigenvalue weighted by atomic mass is 10.2. The number of esters is 2. The summed E-state index contributed by atoms with van der Waals surface area (Å²) in [6, 6.07) is 1.66. The maximum atomic E-state index is 11.6. The predicted octanol–water partition coefficient (Wildman–Crippen LogP) is 2.44. The molecular formula is C11H9NO4S2. The lowest BCUT2D eigenvalue weighted by molar-refractivity contribution is 0.0587. The Morgan fingerprint density at radius 1 is 1.11 bits per heavy atom. The number of carbonyl (C=O) groups excluding carboxylic acids is 2. The Kier molecular flexibility index (Phi) is 3.73. The topological polar surface area (TPSA) is 65.5 Å². The first-order chi connectivity index (χ1) is 8.69. The third-order valence-corrected chi connectivity index (χ3v) is 4.13. The molecular weight excluding hydrogens is 274 g/mol. The van der Waals surface area contributed by atoms with Crippen molar-refractivity contribution in [1.29, 1.82) is 0 Å². The minimum Gasteiger partial charge on any atom is -0.465 e. The van der Waals surface area contributed by atoms with Gasteiger partial charge in [0.25, 0.3) is 0 Å². The van der Waals surface area contributed by atoms with Crippen molar-refractivity contribution in [3.05, 3.63) is 28.2 Å². The third kappa shape index (κ3) is 2.14. The van der Waals surface area contributed by atoms with Crippen molar-refractivity contribution in [3.63, 3.8) is 0 Å². The molecule has 0 saturated heterocycles. The lowest BCUT2D eigenvalue weighted by Gasteiger charge is -2.01. The zero-order valence-corrected chi connectivity index (χ0v) is 11.3. The molecule has 18 heavy (non-hydrogen) atoms. The molecule has 0 aliphatic carbocycles. The van der Waals surface area contributed by atoms with Crippen LogP contribution in [0.15, 0.2) is 17.0 Å². The second-order valence-corrected chi connectivity index (χ2v) is 4.95. The molecule has 0 bridgehead atoms. The predicted molar refractivity (Wildman–Crippen MR) is 68.1 cm³/mol. The fraction of sp³-hybridized carbons (Fsp3) is 0.182. The average molecular weight is 283 g/mol. The summed E-state index contributed by atoms with van der Waals surface area (Å²) in [6.07, 6.45) is 0. The Bertz CT molecular complexity index is 535. The molecule has 0 unspecified atom stereocenters. The molecule has 0 spiro atoms. The van der Waals surface area contributed by atoms with Gasteiger partial charge in [0.1, 0.15) is 0 Å². The summed E-state index contributed by atoms with van der Waals surface area (Å²) >= 11 is 2.64. The van der Waals surface area contributed by atoms with Gasteiger partial charge in [-0.3, -0.25) is 0 Å². The van der Waals surface area contributed by atoms with Gasteiger partial charge < -0.3 is 9.47 Å². The van der Waals surface area contributed by atoms with E-state index in [4.69, 9.17) is 4.74 Å². The van der Waals surface area contributed by atoms with Crippen LogP contribution in [0.2, 0.25) is 0 Å². The molecule has 94 valence electrons. The Morgan fingerprint density at radius 2 is 1.83 bits per heavy atom. The molecule has 0 N–H and O–H groups in total.